The molecule has 0 saturated carbocycles. The Morgan fingerprint density at radius 1 is 1.04 bits per heavy atom. The van der Waals surface area contributed by atoms with E-state index >= 15 is 0 Å². The number of nitrogens with one attached hydrogen (secondary N) is 1. The highest BCUT2D eigenvalue weighted by molar-refractivity contribution is 6.17. The maximum absolute atomic E-state index is 13.2. The molecule has 2 amide bonds. The van der Waals surface area contributed by atoms with Crippen LogP contribution in [0, 0.1) is 0 Å². The van der Waals surface area contributed by atoms with E-state index in [0.29, 0.717) is 28.6 Å². The van der Waals surface area contributed by atoms with Gasteiger partial charge in [0.2, 0.25) is 5.91 Å². The highest BCUT2D eigenvalue weighted by Gasteiger charge is 2.31. The van der Waals surface area contributed by atoms with Crippen molar-refractivity contribution in [2.24, 2.45) is 0 Å². The highest BCUT2D eigenvalue weighted by Crippen LogP contribution is 2.37. The van der Waals surface area contributed by atoms with E-state index in [2.05, 4.69) is 5.32 Å². The van der Waals surface area contributed by atoms with Crippen LogP contribution in [0.1, 0.15) is 10.4 Å². The summed E-state index contributed by atoms with van der Waals surface area (Å²) in [5.74, 6) is 0.466. The SMILES string of the molecule is COc1cc(OC)c(C(=O)N2CC(=O)Nc3ccccc32)c(OC)c1. The molecule has 0 unspecified atom stereocenters. The topological polar surface area (TPSA) is 77.1 Å². The number of methoxy groups -OCH3 is 3. The molecule has 1 aliphatic rings. The van der Waals surface area contributed by atoms with Gasteiger partial charge in [0.1, 0.15) is 29.4 Å². The summed E-state index contributed by atoms with van der Waals surface area (Å²) in [4.78, 5) is 26.6. The number of anilines is 2. The Kier molecular flexibility index (Phi) is 4.47. The highest BCUT2D eigenvalue weighted by atomic mass is 16.5. The Morgan fingerprint density at radius 3 is 2.28 bits per heavy atom. The molecule has 0 aromatic heterocycles. The average molecular weight is 342 g/mol. The van der Waals surface area contributed by atoms with Crippen LogP contribution in [0.4, 0.5) is 11.4 Å². The van der Waals surface area contributed by atoms with Gasteiger partial charge in [0.15, 0.2) is 0 Å². The number of amides is 2. The summed E-state index contributed by atoms with van der Waals surface area (Å²) in [5, 5.41) is 2.76. The van der Waals surface area contributed by atoms with Crippen molar-refractivity contribution in [3.8, 4) is 17.2 Å². The van der Waals surface area contributed by atoms with Crippen molar-refractivity contribution in [1.29, 1.82) is 0 Å². The summed E-state index contributed by atoms with van der Waals surface area (Å²) in [5.41, 5.74) is 1.43. The smallest absolute Gasteiger partial charge is 0.266 e. The zero-order valence-corrected chi connectivity index (χ0v) is 14.2. The van der Waals surface area contributed by atoms with Crippen LogP contribution < -0.4 is 24.4 Å². The number of carbonyl (C=O) groups is 2. The van der Waals surface area contributed by atoms with Crippen LogP contribution in [0.3, 0.4) is 0 Å². The zero-order valence-electron chi connectivity index (χ0n) is 14.2. The predicted molar refractivity (Wildman–Crippen MR) is 92.8 cm³/mol. The molecule has 7 heteroatoms. The molecule has 7 nitrogen and oxygen atoms in total. The monoisotopic (exact) mass is 342 g/mol. The summed E-state index contributed by atoms with van der Waals surface area (Å²) >= 11 is 0. The zero-order chi connectivity index (χ0) is 18.0. The second-order valence-electron chi connectivity index (χ2n) is 5.36. The van der Waals surface area contributed by atoms with Crippen molar-refractivity contribution in [1.82, 2.24) is 0 Å². The van der Waals surface area contributed by atoms with Gasteiger partial charge >= 0.3 is 0 Å². The Hall–Kier alpha value is -3.22. The first kappa shape index (κ1) is 16.6. The van der Waals surface area contributed by atoms with Crippen molar-refractivity contribution < 1.29 is 23.8 Å². The van der Waals surface area contributed by atoms with Crippen molar-refractivity contribution in [3.05, 3.63) is 42.0 Å². The fraction of sp³-hybridized carbons (Fsp3) is 0.222. The van der Waals surface area contributed by atoms with Crippen molar-refractivity contribution in [3.63, 3.8) is 0 Å². The average Bonchev–Trinajstić information content (AvgIpc) is 2.65. The quantitative estimate of drug-likeness (QED) is 0.923. The molecule has 3 rings (SSSR count). The Labute approximate surface area is 145 Å². The Balaban J connectivity index is 2.11. The van der Waals surface area contributed by atoms with Crippen LogP contribution in [-0.4, -0.2) is 39.7 Å². The molecule has 0 spiro atoms. The van der Waals surface area contributed by atoms with Gasteiger partial charge in [-0.3, -0.25) is 14.5 Å². The molecule has 0 atom stereocenters. The molecule has 1 heterocycles. The number of fused-ring (bicyclic) bond motifs is 1. The molecule has 0 fully saturated rings. The molecule has 0 radical (unpaired) electrons. The van der Waals surface area contributed by atoms with Crippen molar-refractivity contribution in [2.75, 3.05) is 38.1 Å². The molecule has 1 N–H and O–H groups in total. The van der Waals surface area contributed by atoms with E-state index in [9.17, 15) is 9.59 Å². The molecule has 1 aliphatic heterocycles. The van der Waals surface area contributed by atoms with Gasteiger partial charge in [-0.2, -0.15) is 0 Å². The van der Waals surface area contributed by atoms with Gasteiger partial charge in [0, 0.05) is 12.1 Å². The number of hydrogen-bond donors (Lipinski definition) is 1. The van der Waals surface area contributed by atoms with Gasteiger partial charge in [0.25, 0.3) is 5.91 Å². The number of hydrogen-bond acceptors (Lipinski definition) is 5. The third kappa shape index (κ3) is 2.96. The van der Waals surface area contributed by atoms with Crippen LogP contribution >= 0.6 is 0 Å². The van der Waals surface area contributed by atoms with Gasteiger partial charge in [-0.25, -0.2) is 0 Å². The third-order valence-corrected chi connectivity index (χ3v) is 3.94. The van der Waals surface area contributed by atoms with E-state index < -0.39 is 5.91 Å². The van der Waals surface area contributed by atoms with Gasteiger partial charge in [-0.1, -0.05) is 12.1 Å². The van der Waals surface area contributed by atoms with E-state index in [1.807, 2.05) is 0 Å². The first-order chi connectivity index (χ1) is 12.1. The standard InChI is InChI=1S/C18H18N2O5/c1-23-11-8-14(24-2)17(15(9-11)25-3)18(22)20-10-16(21)19-12-6-4-5-7-13(12)20/h4-9H,10H2,1-3H3,(H,19,21). The lowest BCUT2D eigenvalue weighted by Gasteiger charge is -2.30. The van der Waals surface area contributed by atoms with Crippen LogP contribution in [0.2, 0.25) is 0 Å². The number of benzene rings is 2. The van der Waals surface area contributed by atoms with E-state index in [1.165, 1.54) is 26.2 Å². The summed E-state index contributed by atoms with van der Waals surface area (Å²) in [6, 6.07) is 10.3. The maximum Gasteiger partial charge on any atom is 0.266 e. The lowest BCUT2D eigenvalue weighted by molar-refractivity contribution is -0.115. The molecule has 0 saturated heterocycles. The van der Waals surface area contributed by atoms with Gasteiger partial charge in [-0.15, -0.1) is 0 Å². The number of rotatable bonds is 4. The number of carbonyl (C=O) groups excluding carboxylic acids is 2. The fourth-order valence-electron chi connectivity index (χ4n) is 2.77. The second-order valence-corrected chi connectivity index (χ2v) is 5.36. The Bertz CT molecular complexity index is 809. The molecule has 2 aromatic rings. The minimum atomic E-state index is -0.390. The summed E-state index contributed by atoms with van der Waals surface area (Å²) in [7, 11) is 4.44. The fourth-order valence-corrected chi connectivity index (χ4v) is 2.77. The summed E-state index contributed by atoms with van der Waals surface area (Å²) < 4.78 is 15.9. The number of nitrogens with zero attached hydrogens (tertiary/aromatic N) is 1. The number of para-hydroxylation sites is 2. The molecule has 2 aromatic carbocycles. The first-order valence-electron chi connectivity index (χ1n) is 7.59. The van der Waals surface area contributed by atoms with Crippen molar-refractivity contribution in [2.45, 2.75) is 0 Å². The second kappa shape index (κ2) is 6.72. The molecule has 0 aliphatic carbocycles. The largest absolute Gasteiger partial charge is 0.496 e. The molecule has 0 bridgehead atoms. The summed E-state index contributed by atoms with van der Waals surface area (Å²) in [6.07, 6.45) is 0. The maximum atomic E-state index is 13.2. The van der Waals surface area contributed by atoms with Crippen LogP contribution in [0.5, 0.6) is 17.2 Å². The van der Waals surface area contributed by atoms with E-state index in [4.69, 9.17) is 14.2 Å². The minimum Gasteiger partial charge on any atom is -0.496 e. The summed E-state index contributed by atoms with van der Waals surface area (Å²) in [6.45, 7) is -0.0891. The van der Waals surface area contributed by atoms with Crippen LogP contribution in [0.15, 0.2) is 36.4 Å². The van der Waals surface area contributed by atoms with Crippen LogP contribution in [-0.2, 0) is 4.79 Å². The van der Waals surface area contributed by atoms with Gasteiger partial charge in [0.05, 0.1) is 32.7 Å². The normalized spacial score (nSPS) is 12.9. The molecule has 130 valence electrons. The Morgan fingerprint density at radius 2 is 1.68 bits per heavy atom. The van der Waals surface area contributed by atoms with E-state index in [0.717, 1.165) is 0 Å². The lowest BCUT2D eigenvalue weighted by atomic mass is 10.1. The predicted octanol–water partition coefficient (Wildman–Crippen LogP) is 2.31. The first-order valence-corrected chi connectivity index (χ1v) is 7.59. The lowest BCUT2D eigenvalue weighted by Crippen LogP contribution is -2.42. The van der Waals surface area contributed by atoms with E-state index in [-0.39, 0.29) is 18.0 Å². The molecular weight excluding hydrogens is 324 g/mol. The van der Waals surface area contributed by atoms with Crippen LogP contribution in [0.25, 0.3) is 0 Å². The molecular formula is C18H18N2O5. The third-order valence-electron chi connectivity index (χ3n) is 3.94. The van der Waals surface area contributed by atoms with E-state index in [1.54, 1.807) is 36.4 Å². The minimum absolute atomic E-state index is 0.0891. The molecule has 25 heavy (non-hydrogen) atoms. The van der Waals surface area contributed by atoms with Gasteiger partial charge in [-0.05, 0) is 12.1 Å². The van der Waals surface area contributed by atoms with Crippen molar-refractivity contribution >= 4 is 23.2 Å². The number of ether oxygens (including phenoxy) is 3. The van der Waals surface area contributed by atoms with Gasteiger partial charge < -0.3 is 19.5 Å².